The lowest BCUT2D eigenvalue weighted by Gasteiger charge is -2.28. The number of fused-ring (bicyclic) bond motifs is 1. The van der Waals surface area contributed by atoms with Gasteiger partial charge in [-0.05, 0) is 37.3 Å². The molecule has 2 aliphatic heterocycles. The molecule has 1 atom stereocenters. The molecule has 2 aliphatic rings. The van der Waals surface area contributed by atoms with Crippen molar-refractivity contribution in [3.8, 4) is 0 Å². The van der Waals surface area contributed by atoms with Crippen LogP contribution < -0.4 is 4.90 Å². The maximum absolute atomic E-state index is 12.9. The first kappa shape index (κ1) is 21.0. The smallest absolute Gasteiger partial charge is 0.338 e. The lowest BCUT2D eigenvalue weighted by Crippen LogP contribution is -2.46. The summed E-state index contributed by atoms with van der Waals surface area (Å²) in [6.07, 6.45) is -0.990. The second kappa shape index (κ2) is 8.49. The lowest BCUT2D eigenvalue weighted by atomic mass is 10.1. The molecular formula is C22H19ClN2O6. The predicted octanol–water partition coefficient (Wildman–Crippen LogP) is 2.54. The van der Waals surface area contributed by atoms with Gasteiger partial charge in [-0.15, -0.1) is 0 Å². The van der Waals surface area contributed by atoms with Gasteiger partial charge in [0.05, 0.1) is 40.6 Å². The summed E-state index contributed by atoms with van der Waals surface area (Å²) in [6, 6.07) is 10.6. The summed E-state index contributed by atoms with van der Waals surface area (Å²) in [5, 5.41) is 0.257. The van der Waals surface area contributed by atoms with E-state index in [-0.39, 0.29) is 33.3 Å². The van der Waals surface area contributed by atoms with Gasteiger partial charge in [0.15, 0.2) is 6.10 Å². The summed E-state index contributed by atoms with van der Waals surface area (Å²) in [5.74, 6) is -2.17. The third kappa shape index (κ3) is 3.92. The van der Waals surface area contributed by atoms with Crippen molar-refractivity contribution < 1.29 is 28.7 Å². The van der Waals surface area contributed by atoms with Crippen LogP contribution in [0.1, 0.15) is 38.0 Å². The van der Waals surface area contributed by atoms with E-state index >= 15 is 0 Å². The van der Waals surface area contributed by atoms with Gasteiger partial charge < -0.3 is 14.4 Å². The van der Waals surface area contributed by atoms with Crippen LogP contribution in [0.4, 0.5) is 5.69 Å². The van der Waals surface area contributed by atoms with Crippen LogP contribution in [0.3, 0.4) is 0 Å². The zero-order valence-electron chi connectivity index (χ0n) is 16.7. The number of nitrogens with zero attached hydrogens (tertiary/aromatic N) is 2. The highest BCUT2D eigenvalue weighted by atomic mass is 35.5. The van der Waals surface area contributed by atoms with E-state index in [4.69, 9.17) is 21.1 Å². The quantitative estimate of drug-likeness (QED) is 0.533. The number of para-hydroxylation sites is 1. The Bertz CT molecular complexity index is 1080. The molecule has 2 aromatic carbocycles. The summed E-state index contributed by atoms with van der Waals surface area (Å²) in [4.78, 5) is 53.2. The fourth-order valence-corrected chi connectivity index (χ4v) is 3.76. The zero-order chi connectivity index (χ0) is 22.1. The fourth-order valence-electron chi connectivity index (χ4n) is 3.54. The Balaban J connectivity index is 1.52. The van der Waals surface area contributed by atoms with Gasteiger partial charge in [0, 0.05) is 13.1 Å². The molecule has 160 valence electrons. The molecule has 2 heterocycles. The number of carbonyl (C=O) groups excluding carboxylic acids is 4. The van der Waals surface area contributed by atoms with E-state index in [1.807, 2.05) is 0 Å². The molecule has 0 aromatic heterocycles. The molecule has 1 saturated heterocycles. The minimum atomic E-state index is -0.990. The number of halogens is 1. The number of anilines is 1. The molecule has 0 aliphatic carbocycles. The van der Waals surface area contributed by atoms with Crippen LogP contribution in [-0.2, 0) is 14.3 Å². The van der Waals surface area contributed by atoms with Crippen LogP contribution in [0.2, 0.25) is 5.02 Å². The Labute approximate surface area is 183 Å². The van der Waals surface area contributed by atoms with Crippen molar-refractivity contribution in [2.75, 3.05) is 31.2 Å². The van der Waals surface area contributed by atoms with E-state index in [0.29, 0.717) is 26.3 Å². The number of carbonyl (C=O) groups is 4. The maximum Gasteiger partial charge on any atom is 0.338 e. The molecule has 0 saturated carbocycles. The van der Waals surface area contributed by atoms with Gasteiger partial charge in [-0.1, -0.05) is 23.7 Å². The highest BCUT2D eigenvalue weighted by Crippen LogP contribution is 2.33. The average Bonchev–Trinajstić information content (AvgIpc) is 3.03. The number of amides is 3. The topological polar surface area (TPSA) is 93.2 Å². The van der Waals surface area contributed by atoms with E-state index in [1.54, 1.807) is 29.2 Å². The summed E-state index contributed by atoms with van der Waals surface area (Å²) in [5.41, 5.74) is 0.581. The van der Waals surface area contributed by atoms with Crippen LogP contribution in [0.15, 0.2) is 42.5 Å². The van der Waals surface area contributed by atoms with Gasteiger partial charge in [0.25, 0.3) is 17.7 Å². The highest BCUT2D eigenvalue weighted by Gasteiger charge is 2.38. The summed E-state index contributed by atoms with van der Waals surface area (Å²) >= 11 is 6.15. The van der Waals surface area contributed by atoms with Crippen LogP contribution in [-0.4, -0.2) is 61.0 Å². The van der Waals surface area contributed by atoms with Crippen molar-refractivity contribution in [2.45, 2.75) is 13.0 Å². The molecule has 0 radical (unpaired) electrons. The Hall–Kier alpha value is -3.23. The first-order valence-electron chi connectivity index (χ1n) is 9.73. The van der Waals surface area contributed by atoms with Crippen molar-refractivity contribution in [1.29, 1.82) is 0 Å². The second-order valence-electron chi connectivity index (χ2n) is 7.14. The molecule has 0 bridgehead atoms. The number of rotatable bonds is 4. The van der Waals surface area contributed by atoms with Crippen molar-refractivity contribution in [3.05, 3.63) is 64.2 Å². The number of benzene rings is 2. The van der Waals surface area contributed by atoms with Gasteiger partial charge in [-0.25, -0.2) is 9.69 Å². The first-order chi connectivity index (χ1) is 14.9. The predicted molar refractivity (Wildman–Crippen MR) is 111 cm³/mol. The van der Waals surface area contributed by atoms with Crippen LogP contribution >= 0.6 is 11.6 Å². The SMILES string of the molecule is CC(OC(=O)c1ccc2c(c1)C(=O)N(c1ccccc1Cl)C2=O)C(=O)N1CCOCC1. The van der Waals surface area contributed by atoms with Crippen molar-refractivity contribution in [1.82, 2.24) is 4.90 Å². The van der Waals surface area contributed by atoms with Gasteiger partial charge in [0.2, 0.25) is 0 Å². The maximum atomic E-state index is 12.9. The van der Waals surface area contributed by atoms with Gasteiger partial charge >= 0.3 is 5.97 Å². The zero-order valence-corrected chi connectivity index (χ0v) is 17.4. The first-order valence-corrected chi connectivity index (χ1v) is 10.1. The lowest BCUT2D eigenvalue weighted by molar-refractivity contribution is -0.143. The van der Waals surface area contributed by atoms with E-state index in [2.05, 4.69) is 0 Å². The van der Waals surface area contributed by atoms with E-state index in [9.17, 15) is 19.2 Å². The molecule has 31 heavy (non-hydrogen) atoms. The van der Waals surface area contributed by atoms with Crippen molar-refractivity contribution in [2.24, 2.45) is 0 Å². The number of imide groups is 1. The number of hydrogen-bond donors (Lipinski definition) is 0. The number of ether oxygens (including phenoxy) is 2. The molecule has 9 heteroatoms. The average molecular weight is 443 g/mol. The Morgan fingerprint density at radius 1 is 1.03 bits per heavy atom. The van der Waals surface area contributed by atoms with Crippen molar-refractivity contribution in [3.63, 3.8) is 0 Å². The minimum absolute atomic E-state index is 0.0718. The standard InChI is InChI=1S/C22H19ClN2O6/c1-13(19(26)24-8-10-30-11-9-24)31-22(29)14-6-7-15-16(12-14)21(28)25(20(15)27)18-5-3-2-4-17(18)23/h2-7,12-13H,8-11H2,1H3. The van der Waals surface area contributed by atoms with Crippen LogP contribution in [0, 0.1) is 0 Å². The van der Waals surface area contributed by atoms with Gasteiger partial charge in [0.1, 0.15) is 0 Å². The second-order valence-corrected chi connectivity index (χ2v) is 7.55. The van der Waals surface area contributed by atoms with E-state index in [1.165, 1.54) is 25.1 Å². The molecule has 1 unspecified atom stereocenters. The molecule has 0 spiro atoms. The summed E-state index contributed by atoms with van der Waals surface area (Å²) in [6.45, 7) is 3.25. The molecule has 8 nitrogen and oxygen atoms in total. The third-order valence-corrected chi connectivity index (χ3v) is 5.49. The van der Waals surface area contributed by atoms with E-state index < -0.39 is 23.9 Å². The van der Waals surface area contributed by atoms with Crippen molar-refractivity contribution >= 4 is 41.0 Å². The number of esters is 1. The molecule has 1 fully saturated rings. The molecule has 2 aromatic rings. The normalized spacial score (nSPS) is 16.8. The number of hydrogen-bond acceptors (Lipinski definition) is 6. The number of morpholine rings is 1. The minimum Gasteiger partial charge on any atom is -0.449 e. The molecule has 0 N–H and O–H groups in total. The third-order valence-electron chi connectivity index (χ3n) is 5.17. The Morgan fingerprint density at radius 3 is 2.42 bits per heavy atom. The molecule has 3 amide bonds. The van der Waals surface area contributed by atoms with Crippen LogP contribution in [0.5, 0.6) is 0 Å². The van der Waals surface area contributed by atoms with Gasteiger partial charge in [-0.2, -0.15) is 0 Å². The summed E-state index contributed by atoms with van der Waals surface area (Å²) in [7, 11) is 0. The fraction of sp³-hybridized carbons (Fsp3) is 0.273. The highest BCUT2D eigenvalue weighted by molar-refractivity contribution is 6.39. The van der Waals surface area contributed by atoms with Crippen LogP contribution in [0.25, 0.3) is 0 Å². The Kier molecular flexibility index (Phi) is 5.75. The summed E-state index contributed by atoms with van der Waals surface area (Å²) < 4.78 is 10.5. The Morgan fingerprint density at radius 2 is 1.71 bits per heavy atom. The monoisotopic (exact) mass is 442 g/mol. The molecule has 4 rings (SSSR count). The molecular weight excluding hydrogens is 424 g/mol. The largest absolute Gasteiger partial charge is 0.449 e. The van der Waals surface area contributed by atoms with E-state index in [0.717, 1.165) is 4.90 Å². The van der Waals surface area contributed by atoms with Gasteiger partial charge in [-0.3, -0.25) is 14.4 Å².